The van der Waals surface area contributed by atoms with Crippen molar-refractivity contribution in [1.82, 2.24) is 4.98 Å². The van der Waals surface area contributed by atoms with Crippen molar-refractivity contribution in [3.8, 4) is 11.7 Å². The summed E-state index contributed by atoms with van der Waals surface area (Å²) >= 11 is 0. The molecule has 3 aromatic rings. The van der Waals surface area contributed by atoms with Crippen LogP contribution in [0.25, 0.3) is 22.8 Å². The fourth-order valence-electron chi connectivity index (χ4n) is 2.53. The maximum absolute atomic E-state index is 6.03. The fraction of sp³-hybridized carbons (Fsp3) is 0.421. The summed E-state index contributed by atoms with van der Waals surface area (Å²) in [6, 6.07) is 8.08. The van der Waals surface area contributed by atoms with Crippen LogP contribution in [0.1, 0.15) is 52.7 Å². The van der Waals surface area contributed by atoms with Gasteiger partial charge in [0.05, 0.1) is 6.26 Å². The Balaban J connectivity index is 2.29. The number of hydrogen-bond acceptors (Lipinski definition) is 3. The first kappa shape index (κ1) is 14.9. The van der Waals surface area contributed by atoms with E-state index in [-0.39, 0.29) is 10.8 Å². The molecule has 0 bridgehead atoms. The predicted octanol–water partition coefficient (Wildman–Crippen LogP) is 5.68. The fourth-order valence-corrected chi connectivity index (χ4v) is 2.53. The summed E-state index contributed by atoms with van der Waals surface area (Å²) in [5.74, 6) is 1.20. The maximum atomic E-state index is 6.03. The van der Waals surface area contributed by atoms with Crippen molar-refractivity contribution in [2.45, 2.75) is 52.4 Å². The van der Waals surface area contributed by atoms with Gasteiger partial charge in [0, 0.05) is 5.56 Å². The first-order valence-corrected chi connectivity index (χ1v) is 7.66. The van der Waals surface area contributed by atoms with Gasteiger partial charge in [-0.1, -0.05) is 47.6 Å². The van der Waals surface area contributed by atoms with Gasteiger partial charge >= 0.3 is 0 Å². The molecule has 0 radical (unpaired) electrons. The number of rotatable bonds is 1. The molecule has 0 fully saturated rings. The Labute approximate surface area is 131 Å². The number of aromatic nitrogens is 1. The van der Waals surface area contributed by atoms with Crippen LogP contribution in [0.2, 0.25) is 0 Å². The Hall–Kier alpha value is -2.03. The minimum atomic E-state index is -0.0144. The highest BCUT2D eigenvalue weighted by molar-refractivity contribution is 5.81. The van der Waals surface area contributed by atoms with Crippen molar-refractivity contribution in [2.75, 3.05) is 0 Å². The van der Waals surface area contributed by atoms with E-state index < -0.39 is 0 Å². The minimum absolute atomic E-state index is 0.0144. The molecular weight excluding hydrogens is 274 g/mol. The molecule has 0 unspecified atom stereocenters. The summed E-state index contributed by atoms with van der Waals surface area (Å²) in [6.07, 6.45) is 1.63. The molecule has 0 spiro atoms. The second kappa shape index (κ2) is 4.73. The molecule has 3 heteroatoms. The van der Waals surface area contributed by atoms with Crippen molar-refractivity contribution < 1.29 is 8.83 Å². The SMILES string of the molecule is CC(C)(C)c1cc(C(C)(C)C)c2oc(-c3ccco3)nc2c1. The van der Waals surface area contributed by atoms with E-state index in [9.17, 15) is 0 Å². The first-order chi connectivity index (χ1) is 10.2. The van der Waals surface area contributed by atoms with Gasteiger partial charge in [-0.3, -0.25) is 0 Å². The lowest BCUT2D eigenvalue weighted by atomic mass is 9.80. The summed E-state index contributed by atoms with van der Waals surface area (Å²) in [5, 5.41) is 0. The molecular formula is C19H23NO2. The van der Waals surface area contributed by atoms with Crippen LogP contribution in [0.5, 0.6) is 0 Å². The third-order valence-electron chi connectivity index (χ3n) is 3.90. The average Bonchev–Trinajstić information content (AvgIpc) is 3.03. The Bertz CT molecular complexity index is 796. The molecule has 1 aromatic carbocycles. The summed E-state index contributed by atoms with van der Waals surface area (Å²) < 4.78 is 11.4. The number of oxazole rings is 1. The van der Waals surface area contributed by atoms with Gasteiger partial charge in [-0.25, -0.2) is 4.98 Å². The zero-order valence-electron chi connectivity index (χ0n) is 14.2. The van der Waals surface area contributed by atoms with Crippen LogP contribution in [0, 0.1) is 0 Å². The zero-order valence-corrected chi connectivity index (χ0v) is 14.2. The topological polar surface area (TPSA) is 39.2 Å². The highest BCUT2D eigenvalue weighted by Gasteiger charge is 2.25. The molecule has 3 rings (SSSR count). The summed E-state index contributed by atoms with van der Waals surface area (Å²) in [4.78, 5) is 4.64. The van der Waals surface area contributed by atoms with Crippen LogP contribution < -0.4 is 0 Å². The van der Waals surface area contributed by atoms with Gasteiger partial charge in [0.2, 0.25) is 0 Å². The lowest BCUT2D eigenvalue weighted by molar-refractivity contribution is 0.523. The standard InChI is InChI=1S/C19H23NO2/c1-18(2,3)12-10-13(19(4,5)6)16-14(11-12)20-17(22-16)15-8-7-9-21-15/h7-11H,1-6H3. The third-order valence-corrected chi connectivity index (χ3v) is 3.90. The Morgan fingerprint density at radius 3 is 2.23 bits per heavy atom. The molecule has 116 valence electrons. The van der Waals surface area contributed by atoms with E-state index in [0.717, 1.165) is 11.1 Å². The second-order valence-corrected chi connectivity index (χ2v) is 7.87. The average molecular weight is 297 g/mol. The maximum Gasteiger partial charge on any atom is 0.263 e. The number of nitrogens with zero attached hydrogens (tertiary/aromatic N) is 1. The van der Waals surface area contributed by atoms with E-state index in [2.05, 4.69) is 58.7 Å². The van der Waals surface area contributed by atoms with E-state index in [1.165, 1.54) is 11.1 Å². The number of fused-ring (bicyclic) bond motifs is 1. The van der Waals surface area contributed by atoms with Crippen molar-refractivity contribution in [3.63, 3.8) is 0 Å². The van der Waals surface area contributed by atoms with Crippen molar-refractivity contribution in [2.24, 2.45) is 0 Å². The minimum Gasteiger partial charge on any atom is -0.459 e. The quantitative estimate of drug-likeness (QED) is 0.579. The van der Waals surface area contributed by atoms with Gasteiger partial charge < -0.3 is 8.83 Å². The highest BCUT2D eigenvalue weighted by Crippen LogP contribution is 2.37. The van der Waals surface area contributed by atoms with E-state index in [0.29, 0.717) is 11.7 Å². The van der Waals surface area contributed by atoms with Gasteiger partial charge in [-0.15, -0.1) is 0 Å². The largest absolute Gasteiger partial charge is 0.459 e. The van der Waals surface area contributed by atoms with Crippen molar-refractivity contribution in [1.29, 1.82) is 0 Å². The number of hydrogen-bond donors (Lipinski definition) is 0. The summed E-state index contributed by atoms with van der Waals surface area (Å²) in [7, 11) is 0. The van der Waals surface area contributed by atoms with Gasteiger partial charge in [-0.05, 0) is 34.6 Å². The van der Waals surface area contributed by atoms with Crippen LogP contribution in [0.3, 0.4) is 0 Å². The molecule has 22 heavy (non-hydrogen) atoms. The molecule has 0 amide bonds. The van der Waals surface area contributed by atoms with Crippen LogP contribution >= 0.6 is 0 Å². The first-order valence-electron chi connectivity index (χ1n) is 7.66. The summed E-state index contributed by atoms with van der Waals surface area (Å²) in [6.45, 7) is 13.2. The molecule has 0 N–H and O–H groups in total. The molecule has 0 atom stereocenters. The second-order valence-electron chi connectivity index (χ2n) is 7.87. The van der Waals surface area contributed by atoms with Gasteiger partial charge in [-0.2, -0.15) is 0 Å². The number of furan rings is 1. The van der Waals surface area contributed by atoms with Gasteiger partial charge in [0.25, 0.3) is 5.89 Å². The zero-order chi connectivity index (χ0) is 16.1. The van der Waals surface area contributed by atoms with E-state index in [1.54, 1.807) is 6.26 Å². The molecule has 0 aliphatic heterocycles. The molecule has 2 heterocycles. The van der Waals surface area contributed by atoms with Crippen LogP contribution in [-0.4, -0.2) is 4.98 Å². The van der Waals surface area contributed by atoms with Gasteiger partial charge in [0.15, 0.2) is 11.3 Å². The molecule has 0 saturated carbocycles. The lowest BCUT2D eigenvalue weighted by Crippen LogP contribution is -2.16. The van der Waals surface area contributed by atoms with E-state index in [4.69, 9.17) is 8.83 Å². The predicted molar refractivity (Wildman–Crippen MR) is 89.1 cm³/mol. The molecule has 0 saturated heterocycles. The Morgan fingerprint density at radius 2 is 1.68 bits per heavy atom. The Morgan fingerprint density at radius 1 is 0.955 bits per heavy atom. The molecule has 3 nitrogen and oxygen atoms in total. The lowest BCUT2D eigenvalue weighted by Gasteiger charge is -2.24. The normalized spacial score (nSPS) is 13.0. The van der Waals surface area contributed by atoms with Crippen LogP contribution in [0.15, 0.2) is 39.4 Å². The molecule has 0 aliphatic carbocycles. The molecule has 0 aliphatic rings. The van der Waals surface area contributed by atoms with Crippen molar-refractivity contribution >= 4 is 11.1 Å². The van der Waals surface area contributed by atoms with Gasteiger partial charge in [0.1, 0.15) is 5.52 Å². The van der Waals surface area contributed by atoms with E-state index >= 15 is 0 Å². The van der Waals surface area contributed by atoms with Crippen LogP contribution in [-0.2, 0) is 10.8 Å². The third kappa shape index (κ3) is 2.56. The number of benzene rings is 1. The van der Waals surface area contributed by atoms with E-state index in [1.807, 2.05) is 12.1 Å². The summed E-state index contributed by atoms with van der Waals surface area (Å²) in [5.41, 5.74) is 4.25. The smallest absolute Gasteiger partial charge is 0.263 e. The molecule has 2 aromatic heterocycles. The van der Waals surface area contributed by atoms with Crippen molar-refractivity contribution in [3.05, 3.63) is 41.7 Å². The highest BCUT2D eigenvalue weighted by atomic mass is 16.4. The monoisotopic (exact) mass is 297 g/mol. The van der Waals surface area contributed by atoms with Crippen LogP contribution in [0.4, 0.5) is 0 Å². The Kier molecular flexibility index (Phi) is 3.20.